The lowest BCUT2D eigenvalue weighted by molar-refractivity contribution is -0.136. The smallest absolute Gasteiger partial charge is 0.293 e. The van der Waals surface area contributed by atoms with E-state index in [1.165, 1.54) is 0 Å². The minimum absolute atomic E-state index is 0.0891. The van der Waals surface area contributed by atoms with Crippen LogP contribution in [-0.4, -0.2) is 25.7 Å². The summed E-state index contributed by atoms with van der Waals surface area (Å²) in [6, 6.07) is 0. The van der Waals surface area contributed by atoms with Gasteiger partial charge in [-0.3, -0.25) is 4.79 Å². The third-order valence-corrected chi connectivity index (χ3v) is 1.99. The van der Waals surface area contributed by atoms with Crippen LogP contribution in [0.15, 0.2) is 0 Å². The molecule has 0 aromatic rings. The van der Waals surface area contributed by atoms with Crippen LogP contribution >= 0.6 is 0 Å². The van der Waals surface area contributed by atoms with Crippen LogP contribution in [-0.2, 0) is 9.53 Å². The largest absolute Gasteiger partial charge is 0.463 e. The fourth-order valence-corrected chi connectivity index (χ4v) is 1.21. The zero-order chi connectivity index (χ0) is 7.40. The molecule has 1 rings (SSSR count). The summed E-state index contributed by atoms with van der Waals surface area (Å²) in [6.45, 7) is 4.49. The van der Waals surface area contributed by atoms with Gasteiger partial charge in [0.25, 0.3) is 6.47 Å². The van der Waals surface area contributed by atoms with Gasteiger partial charge in [0, 0.05) is 6.54 Å². The molecule has 1 unspecified atom stereocenters. The molecule has 0 saturated carbocycles. The Labute approximate surface area is 60.7 Å². The quantitative estimate of drug-likeness (QED) is 0.559. The van der Waals surface area contributed by atoms with Crippen molar-refractivity contribution in [2.45, 2.75) is 19.4 Å². The van der Waals surface area contributed by atoms with E-state index < -0.39 is 0 Å². The summed E-state index contributed by atoms with van der Waals surface area (Å²) >= 11 is 0. The maximum Gasteiger partial charge on any atom is 0.293 e. The molecule has 0 aromatic heterocycles. The normalized spacial score (nSPS) is 33.3. The van der Waals surface area contributed by atoms with Crippen molar-refractivity contribution < 1.29 is 9.53 Å². The fraction of sp³-hybridized carbons (Fsp3) is 0.857. The molecule has 0 spiro atoms. The highest BCUT2D eigenvalue weighted by molar-refractivity contribution is 5.37. The maximum atomic E-state index is 9.97. The lowest BCUT2D eigenvalue weighted by Gasteiger charge is -2.27. The molecular formula is C7H13NO2. The Morgan fingerprint density at radius 1 is 1.70 bits per heavy atom. The average molecular weight is 143 g/mol. The molecule has 0 aliphatic carbocycles. The summed E-state index contributed by atoms with van der Waals surface area (Å²) in [6.07, 6.45) is 1.18. The summed E-state index contributed by atoms with van der Waals surface area (Å²) < 4.78 is 4.85. The van der Waals surface area contributed by atoms with Gasteiger partial charge in [0.2, 0.25) is 0 Å². The lowest BCUT2D eigenvalue weighted by Crippen LogP contribution is -2.40. The number of piperidine rings is 1. The van der Waals surface area contributed by atoms with Crippen molar-refractivity contribution in [2.75, 3.05) is 13.1 Å². The van der Waals surface area contributed by atoms with Gasteiger partial charge in [0.15, 0.2) is 0 Å². The Balaban J connectivity index is 2.32. The Bertz CT molecular complexity index is 116. The first-order valence-electron chi connectivity index (χ1n) is 3.64. The molecule has 0 amide bonds. The molecule has 0 aromatic carbocycles. The number of carbonyl (C=O) groups excluding carboxylic acids is 1. The molecule has 10 heavy (non-hydrogen) atoms. The highest BCUT2D eigenvalue weighted by Gasteiger charge is 2.21. The SMILES string of the molecule is C[C@H]1CCNCC1OC=O. The molecule has 1 N–H and O–H groups in total. The van der Waals surface area contributed by atoms with Crippen LogP contribution in [0, 0.1) is 5.92 Å². The second-order valence-corrected chi connectivity index (χ2v) is 2.74. The van der Waals surface area contributed by atoms with Crippen LogP contribution in [0.25, 0.3) is 0 Å². The second-order valence-electron chi connectivity index (χ2n) is 2.74. The number of nitrogens with one attached hydrogen (secondary N) is 1. The Morgan fingerprint density at radius 2 is 2.50 bits per heavy atom. The minimum Gasteiger partial charge on any atom is -0.463 e. The predicted molar refractivity (Wildman–Crippen MR) is 37.6 cm³/mol. The van der Waals surface area contributed by atoms with E-state index in [0.29, 0.717) is 12.4 Å². The van der Waals surface area contributed by atoms with E-state index in [-0.39, 0.29) is 6.10 Å². The van der Waals surface area contributed by atoms with E-state index >= 15 is 0 Å². The number of hydrogen-bond donors (Lipinski definition) is 1. The summed E-state index contributed by atoms with van der Waals surface area (Å²) in [5.74, 6) is 0.506. The van der Waals surface area contributed by atoms with Crippen molar-refractivity contribution in [2.24, 2.45) is 5.92 Å². The molecule has 1 aliphatic heterocycles. The fourth-order valence-electron chi connectivity index (χ4n) is 1.21. The number of ether oxygens (including phenoxy) is 1. The summed E-state index contributed by atoms with van der Waals surface area (Å²) in [4.78, 5) is 9.97. The molecule has 1 heterocycles. The van der Waals surface area contributed by atoms with Crippen molar-refractivity contribution in [1.82, 2.24) is 5.32 Å². The van der Waals surface area contributed by atoms with Crippen molar-refractivity contribution >= 4 is 6.47 Å². The lowest BCUT2D eigenvalue weighted by atomic mass is 9.97. The molecule has 3 heteroatoms. The molecular weight excluding hydrogens is 130 g/mol. The zero-order valence-electron chi connectivity index (χ0n) is 6.17. The average Bonchev–Trinajstić information content (AvgIpc) is 1.94. The van der Waals surface area contributed by atoms with Gasteiger partial charge in [-0.2, -0.15) is 0 Å². The first kappa shape index (κ1) is 7.54. The van der Waals surface area contributed by atoms with E-state index in [1.807, 2.05) is 0 Å². The third-order valence-electron chi connectivity index (χ3n) is 1.99. The molecule has 1 saturated heterocycles. The van der Waals surface area contributed by atoms with Crippen molar-refractivity contribution in [1.29, 1.82) is 0 Å². The molecule has 0 bridgehead atoms. The van der Waals surface area contributed by atoms with Gasteiger partial charge < -0.3 is 10.1 Å². The van der Waals surface area contributed by atoms with Gasteiger partial charge in [-0.05, 0) is 18.9 Å². The zero-order valence-corrected chi connectivity index (χ0v) is 6.17. The highest BCUT2D eigenvalue weighted by Crippen LogP contribution is 2.13. The first-order valence-corrected chi connectivity index (χ1v) is 3.64. The van der Waals surface area contributed by atoms with E-state index in [0.717, 1.165) is 19.5 Å². The Kier molecular flexibility index (Phi) is 2.68. The van der Waals surface area contributed by atoms with E-state index in [9.17, 15) is 4.79 Å². The van der Waals surface area contributed by atoms with Crippen LogP contribution in [0.5, 0.6) is 0 Å². The third kappa shape index (κ3) is 1.70. The van der Waals surface area contributed by atoms with E-state index in [2.05, 4.69) is 12.2 Å². The van der Waals surface area contributed by atoms with Gasteiger partial charge >= 0.3 is 0 Å². The predicted octanol–water partition coefficient (Wildman–Crippen LogP) is 0.157. The van der Waals surface area contributed by atoms with Gasteiger partial charge in [-0.1, -0.05) is 6.92 Å². The van der Waals surface area contributed by atoms with Gasteiger partial charge in [0.1, 0.15) is 6.10 Å². The van der Waals surface area contributed by atoms with Crippen LogP contribution in [0.3, 0.4) is 0 Å². The van der Waals surface area contributed by atoms with Crippen LogP contribution in [0.4, 0.5) is 0 Å². The number of rotatable bonds is 2. The van der Waals surface area contributed by atoms with Crippen LogP contribution < -0.4 is 5.32 Å². The first-order chi connectivity index (χ1) is 4.84. The van der Waals surface area contributed by atoms with Crippen molar-refractivity contribution in [3.05, 3.63) is 0 Å². The monoisotopic (exact) mass is 143 g/mol. The Morgan fingerprint density at radius 3 is 3.10 bits per heavy atom. The van der Waals surface area contributed by atoms with E-state index in [4.69, 9.17) is 4.74 Å². The number of hydrogen-bond acceptors (Lipinski definition) is 3. The van der Waals surface area contributed by atoms with Crippen LogP contribution in [0.2, 0.25) is 0 Å². The Hall–Kier alpha value is -0.570. The molecule has 58 valence electrons. The molecule has 3 nitrogen and oxygen atoms in total. The topological polar surface area (TPSA) is 38.3 Å². The summed E-state index contributed by atoms with van der Waals surface area (Å²) in [7, 11) is 0. The van der Waals surface area contributed by atoms with Crippen molar-refractivity contribution in [3.8, 4) is 0 Å². The van der Waals surface area contributed by atoms with Gasteiger partial charge in [0.05, 0.1) is 0 Å². The van der Waals surface area contributed by atoms with Crippen molar-refractivity contribution in [3.63, 3.8) is 0 Å². The number of carbonyl (C=O) groups is 1. The molecule has 2 atom stereocenters. The van der Waals surface area contributed by atoms with Gasteiger partial charge in [-0.15, -0.1) is 0 Å². The molecule has 1 fully saturated rings. The summed E-state index contributed by atoms with van der Waals surface area (Å²) in [5.41, 5.74) is 0. The summed E-state index contributed by atoms with van der Waals surface area (Å²) in [5, 5.41) is 3.17. The highest BCUT2D eigenvalue weighted by atomic mass is 16.5. The van der Waals surface area contributed by atoms with Crippen LogP contribution in [0.1, 0.15) is 13.3 Å². The van der Waals surface area contributed by atoms with E-state index in [1.54, 1.807) is 0 Å². The minimum atomic E-state index is 0.0891. The second kappa shape index (κ2) is 3.56. The molecule has 1 aliphatic rings. The molecule has 0 radical (unpaired) electrons. The maximum absolute atomic E-state index is 9.97. The van der Waals surface area contributed by atoms with Gasteiger partial charge in [-0.25, -0.2) is 0 Å². The standard InChI is InChI=1S/C7H13NO2/c1-6-2-3-8-4-7(6)10-5-9/h5-8H,2-4H2,1H3/t6-,7?/m0/s1.